The predicted octanol–water partition coefficient (Wildman–Crippen LogP) is 3.24. The summed E-state index contributed by atoms with van der Waals surface area (Å²) in [5.74, 6) is -0.790. The van der Waals surface area contributed by atoms with Gasteiger partial charge in [-0.3, -0.25) is 4.79 Å². The van der Waals surface area contributed by atoms with E-state index in [0.29, 0.717) is 6.54 Å². The quantitative estimate of drug-likeness (QED) is 0.850. The van der Waals surface area contributed by atoms with Crippen molar-refractivity contribution in [2.45, 2.75) is 6.92 Å². The fourth-order valence-corrected chi connectivity index (χ4v) is 1.60. The zero-order valence-corrected chi connectivity index (χ0v) is 11.1. The first kappa shape index (κ1) is 13.5. The lowest BCUT2D eigenvalue weighted by molar-refractivity contribution is 0.0945. The molecular weight excluding hydrogens is 296 g/mol. The molecule has 0 saturated carbocycles. The first-order chi connectivity index (χ1) is 7.56. The van der Waals surface area contributed by atoms with Gasteiger partial charge in [-0.15, -0.1) is 0 Å². The third-order valence-corrected chi connectivity index (χ3v) is 3.48. The highest BCUT2D eigenvalue weighted by Gasteiger charge is 2.15. The highest BCUT2D eigenvalue weighted by atomic mass is 79.9. The largest absolute Gasteiger partial charge is 0.352 e. The molecule has 0 saturated heterocycles. The van der Waals surface area contributed by atoms with Crippen LogP contribution in [0.3, 0.4) is 0 Å². The van der Waals surface area contributed by atoms with E-state index in [9.17, 15) is 9.18 Å². The number of carbonyl (C=O) groups excluding carboxylic acids is 1. The third-order valence-electron chi connectivity index (χ3n) is 2.06. The van der Waals surface area contributed by atoms with Gasteiger partial charge in [0.25, 0.3) is 5.91 Å². The molecule has 88 valence electrons. The number of hydrogen-bond acceptors (Lipinski definition) is 1. The van der Waals surface area contributed by atoms with E-state index in [1.54, 1.807) is 0 Å². The van der Waals surface area contributed by atoms with Gasteiger partial charge in [-0.1, -0.05) is 40.5 Å². The summed E-state index contributed by atoms with van der Waals surface area (Å²) >= 11 is 9.06. The summed E-state index contributed by atoms with van der Waals surface area (Å²) in [5.41, 5.74) is -0.0917. The van der Waals surface area contributed by atoms with Crippen LogP contribution in [0.5, 0.6) is 0 Å². The number of amides is 1. The Kier molecular flexibility index (Phi) is 5.22. The average molecular weight is 309 g/mol. The molecule has 1 aromatic carbocycles. The molecule has 1 atom stereocenters. The first-order valence-corrected chi connectivity index (χ1v) is 6.34. The molecule has 0 aliphatic carbocycles. The maximum absolute atomic E-state index is 13.4. The van der Waals surface area contributed by atoms with E-state index in [0.717, 1.165) is 5.33 Å². The van der Waals surface area contributed by atoms with Crippen molar-refractivity contribution in [2.24, 2.45) is 5.92 Å². The Morgan fingerprint density at radius 3 is 2.88 bits per heavy atom. The summed E-state index contributed by atoms with van der Waals surface area (Å²) < 4.78 is 13.4. The minimum Gasteiger partial charge on any atom is -0.352 e. The number of rotatable bonds is 4. The van der Waals surface area contributed by atoms with Gasteiger partial charge in [0.1, 0.15) is 5.82 Å². The van der Waals surface area contributed by atoms with Crippen LogP contribution in [0.25, 0.3) is 0 Å². The highest BCUT2D eigenvalue weighted by Crippen LogP contribution is 2.18. The molecule has 5 heteroatoms. The van der Waals surface area contributed by atoms with Crippen molar-refractivity contribution in [3.05, 3.63) is 34.6 Å². The van der Waals surface area contributed by atoms with Crippen LogP contribution in [0.4, 0.5) is 4.39 Å². The molecule has 0 aliphatic rings. The molecule has 1 unspecified atom stereocenters. The smallest absolute Gasteiger partial charge is 0.255 e. The minimum atomic E-state index is -0.600. The molecule has 1 aromatic rings. The molecule has 1 N–H and O–H groups in total. The monoisotopic (exact) mass is 307 g/mol. The summed E-state index contributed by atoms with van der Waals surface area (Å²) in [6.07, 6.45) is 0. The Morgan fingerprint density at radius 2 is 2.31 bits per heavy atom. The molecule has 0 radical (unpaired) electrons. The van der Waals surface area contributed by atoms with E-state index in [4.69, 9.17) is 11.6 Å². The Bertz CT molecular complexity index is 366. The molecule has 1 amide bonds. The summed E-state index contributed by atoms with van der Waals surface area (Å²) in [4.78, 5) is 11.7. The molecule has 16 heavy (non-hydrogen) atoms. The van der Waals surface area contributed by atoms with Gasteiger partial charge in [-0.2, -0.15) is 0 Å². The van der Waals surface area contributed by atoms with Crippen molar-refractivity contribution in [1.29, 1.82) is 0 Å². The van der Waals surface area contributed by atoms with Gasteiger partial charge in [-0.05, 0) is 18.1 Å². The number of benzene rings is 1. The van der Waals surface area contributed by atoms with Gasteiger partial charge in [-0.25, -0.2) is 4.39 Å². The van der Waals surface area contributed by atoms with Crippen molar-refractivity contribution >= 4 is 33.4 Å². The SMILES string of the molecule is CC(CBr)CNC(=O)c1c(F)cccc1Cl. The van der Waals surface area contributed by atoms with Gasteiger partial charge >= 0.3 is 0 Å². The second-order valence-corrected chi connectivity index (χ2v) is 4.62. The fourth-order valence-electron chi connectivity index (χ4n) is 1.12. The predicted molar refractivity (Wildman–Crippen MR) is 66.7 cm³/mol. The third kappa shape index (κ3) is 3.46. The zero-order chi connectivity index (χ0) is 12.1. The Balaban J connectivity index is 2.73. The Morgan fingerprint density at radius 1 is 1.62 bits per heavy atom. The molecular formula is C11H12BrClFNO. The second kappa shape index (κ2) is 6.21. The number of alkyl halides is 1. The lowest BCUT2D eigenvalue weighted by Gasteiger charge is -2.10. The number of carbonyl (C=O) groups is 1. The second-order valence-electron chi connectivity index (χ2n) is 3.57. The topological polar surface area (TPSA) is 29.1 Å². The maximum atomic E-state index is 13.4. The standard InChI is InChI=1S/C11H12BrClFNO/c1-7(5-12)6-15-11(16)10-8(13)3-2-4-9(10)14/h2-4,7H,5-6H2,1H3,(H,15,16). The normalized spacial score (nSPS) is 12.2. The molecule has 0 aromatic heterocycles. The van der Waals surface area contributed by atoms with E-state index in [1.165, 1.54) is 18.2 Å². The van der Waals surface area contributed by atoms with Crippen LogP contribution in [0.1, 0.15) is 17.3 Å². The average Bonchev–Trinajstić information content (AvgIpc) is 2.25. The summed E-state index contributed by atoms with van der Waals surface area (Å²) in [6, 6.07) is 4.18. The van der Waals surface area contributed by atoms with E-state index in [2.05, 4.69) is 21.2 Å². The van der Waals surface area contributed by atoms with Gasteiger partial charge in [0.15, 0.2) is 0 Å². The van der Waals surface area contributed by atoms with Crippen molar-refractivity contribution in [2.75, 3.05) is 11.9 Å². The molecule has 1 rings (SSSR count). The number of hydrogen-bond donors (Lipinski definition) is 1. The Hall–Kier alpha value is -0.610. The van der Waals surface area contributed by atoms with Crippen LogP contribution in [0.2, 0.25) is 5.02 Å². The summed E-state index contributed by atoms with van der Waals surface area (Å²) in [5, 5.41) is 3.54. The molecule has 0 bridgehead atoms. The molecule has 0 fully saturated rings. The van der Waals surface area contributed by atoms with Crippen LogP contribution >= 0.6 is 27.5 Å². The summed E-state index contributed by atoms with van der Waals surface area (Å²) in [7, 11) is 0. The van der Waals surface area contributed by atoms with E-state index >= 15 is 0 Å². The van der Waals surface area contributed by atoms with Gasteiger partial charge in [0, 0.05) is 11.9 Å². The number of nitrogens with one attached hydrogen (secondary N) is 1. The van der Waals surface area contributed by atoms with E-state index in [1.807, 2.05) is 6.92 Å². The molecule has 2 nitrogen and oxygen atoms in total. The minimum absolute atomic E-state index is 0.0917. The molecule has 0 aliphatic heterocycles. The van der Waals surface area contributed by atoms with Crippen LogP contribution in [0, 0.1) is 11.7 Å². The fraction of sp³-hybridized carbons (Fsp3) is 0.364. The van der Waals surface area contributed by atoms with Crippen LogP contribution < -0.4 is 5.32 Å². The van der Waals surface area contributed by atoms with Crippen LogP contribution in [-0.2, 0) is 0 Å². The molecule has 0 spiro atoms. The zero-order valence-electron chi connectivity index (χ0n) is 8.77. The van der Waals surface area contributed by atoms with Gasteiger partial charge < -0.3 is 5.32 Å². The van der Waals surface area contributed by atoms with Gasteiger partial charge in [0.2, 0.25) is 0 Å². The summed E-state index contributed by atoms with van der Waals surface area (Å²) in [6.45, 7) is 2.45. The van der Waals surface area contributed by atoms with E-state index < -0.39 is 11.7 Å². The Labute approximate surface area is 107 Å². The van der Waals surface area contributed by atoms with Crippen LogP contribution in [0.15, 0.2) is 18.2 Å². The highest BCUT2D eigenvalue weighted by molar-refractivity contribution is 9.09. The number of halogens is 3. The lowest BCUT2D eigenvalue weighted by atomic mass is 10.1. The van der Waals surface area contributed by atoms with Crippen LogP contribution in [-0.4, -0.2) is 17.8 Å². The van der Waals surface area contributed by atoms with Crippen molar-refractivity contribution < 1.29 is 9.18 Å². The van der Waals surface area contributed by atoms with Crippen molar-refractivity contribution in [1.82, 2.24) is 5.32 Å². The van der Waals surface area contributed by atoms with Gasteiger partial charge in [0.05, 0.1) is 10.6 Å². The maximum Gasteiger partial charge on any atom is 0.255 e. The van der Waals surface area contributed by atoms with E-state index in [-0.39, 0.29) is 16.5 Å². The molecule has 0 heterocycles. The van der Waals surface area contributed by atoms with Crippen molar-refractivity contribution in [3.8, 4) is 0 Å². The lowest BCUT2D eigenvalue weighted by Crippen LogP contribution is -2.29. The first-order valence-electron chi connectivity index (χ1n) is 4.84. The van der Waals surface area contributed by atoms with Crippen molar-refractivity contribution in [3.63, 3.8) is 0 Å².